The molecule has 1 unspecified atom stereocenters. The van der Waals surface area contributed by atoms with Crippen LogP contribution in [0.4, 0.5) is 0 Å². The summed E-state index contributed by atoms with van der Waals surface area (Å²) in [4.78, 5) is 12.2. The van der Waals surface area contributed by atoms with E-state index in [0.29, 0.717) is 11.7 Å². The Hall–Kier alpha value is -1.23. The van der Waals surface area contributed by atoms with Crippen molar-refractivity contribution in [2.75, 3.05) is 12.4 Å². The Balaban J connectivity index is 2.87. The number of benzene rings is 1. The number of methoxy groups -OCH3 is 1. The predicted octanol–water partition coefficient (Wildman–Crippen LogP) is 2.94. The first-order chi connectivity index (χ1) is 8.99. The zero-order valence-corrected chi connectivity index (χ0v) is 13.0. The standard InChI is InChI=1S/C14H20BrNO3/c1-9(2)12(6-7-15)16-14(18)11-8-10(19-3)4-5-13(11)17/h4-5,8-9,12,17H,6-7H2,1-3H3,(H,16,18). The number of nitrogens with one attached hydrogen (secondary N) is 1. The fourth-order valence-electron chi connectivity index (χ4n) is 1.76. The highest BCUT2D eigenvalue weighted by atomic mass is 79.9. The molecule has 2 N–H and O–H groups in total. The zero-order valence-electron chi connectivity index (χ0n) is 11.4. The van der Waals surface area contributed by atoms with Gasteiger partial charge in [0, 0.05) is 11.4 Å². The first-order valence-corrected chi connectivity index (χ1v) is 7.35. The molecule has 0 aromatic heterocycles. The summed E-state index contributed by atoms with van der Waals surface area (Å²) in [7, 11) is 1.52. The molecular weight excluding hydrogens is 310 g/mol. The molecule has 5 heteroatoms. The normalized spacial score (nSPS) is 12.3. The average Bonchev–Trinajstić information content (AvgIpc) is 2.38. The number of hydrogen-bond acceptors (Lipinski definition) is 3. The molecule has 0 aliphatic carbocycles. The van der Waals surface area contributed by atoms with Gasteiger partial charge in [-0.1, -0.05) is 29.8 Å². The summed E-state index contributed by atoms with van der Waals surface area (Å²) < 4.78 is 5.06. The molecule has 106 valence electrons. The van der Waals surface area contributed by atoms with Gasteiger partial charge in [0.1, 0.15) is 11.5 Å². The van der Waals surface area contributed by atoms with Crippen molar-refractivity contribution in [2.24, 2.45) is 5.92 Å². The van der Waals surface area contributed by atoms with Crippen LogP contribution in [0.25, 0.3) is 0 Å². The summed E-state index contributed by atoms with van der Waals surface area (Å²) in [5.74, 6) is 0.550. The first-order valence-electron chi connectivity index (χ1n) is 6.23. The topological polar surface area (TPSA) is 58.6 Å². The molecule has 0 fully saturated rings. The highest BCUT2D eigenvalue weighted by Crippen LogP contribution is 2.23. The van der Waals surface area contributed by atoms with Crippen LogP contribution in [0.2, 0.25) is 0 Å². The van der Waals surface area contributed by atoms with E-state index in [1.807, 2.05) is 0 Å². The molecule has 0 heterocycles. The van der Waals surface area contributed by atoms with Gasteiger partial charge in [-0.05, 0) is 30.5 Å². The van der Waals surface area contributed by atoms with Gasteiger partial charge in [-0.3, -0.25) is 4.79 Å². The molecule has 4 nitrogen and oxygen atoms in total. The van der Waals surface area contributed by atoms with Gasteiger partial charge in [0.2, 0.25) is 0 Å². The molecule has 0 bridgehead atoms. The van der Waals surface area contributed by atoms with E-state index in [4.69, 9.17) is 4.74 Å². The summed E-state index contributed by atoms with van der Waals surface area (Å²) in [6.45, 7) is 4.11. The number of phenols is 1. The molecular formula is C14H20BrNO3. The lowest BCUT2D eigenvalue weighted by Crippen LogP contribution is -2.38. The van der Waals surface area contributed by atoms with Crippen molar-refractivity contribution < 1.29 is 14.6 Å². The fraction of sp³-hybridized carbons (Fsp3) is 0.500. The molecule has 1 atom stereocenters. The number of aromatic hydroxyl groups is 1. The van der Waals surface area contributed by atoms with Crippen LogP contribution < -0.4 is 10.1 Å². The largest absolute Gasteiger partial charge is 0.507 e. The van der Waals surface area contributed by atoms with Crippen molar-refractivity contribution in [2.45, 2.75) is 26.3 Å². The van der Waals surface area contributed by atoms with Crippen molar-refractivity contribution in [1.29, 1.82) is 0 Å². The third kappa shape index (κ3) is 4.42. The number of halogens is 1. The molecule has 0 saturated carbocycles. The van der Waals surface area contributed by atoms with Gasteiger partial charge in [-0.15, -0.1) is 0 Å². The number of carbonyl (C=O) groups is 1. The van der Waals surface area contributed by atoms with E-state index < -0.39 is 0 Å². The minimum atomic E-state index is -0.281. The highest BCUT2D eigenvalue weighted by molar-refractivity contribution is 9.09. The van der Waals surface area contributed by atoms with Gasteiger partial charge in [-0.2, -0.15) is 0 Å². The second kappa shape index (κ2) is 7.38. The molecule has 1 aromatic rings. The van der Waals surface area contributed by atoms with Crippen molar-refractivity contribution in [3.63, 3.8) is 0 Å². The molecule has 0 saturated heterocycles. The zero-order chi connectivity index (χ0) is 14.4. The Labute approximate surface area is 122 Å². The lowest BCUT2D eigenvalue weighted by molar-refractivity contribution is 0.0922. The van der Waals surface area contributed by atoms with Crippen LogP contribution in [0.5, 0.6) is 11.5 Å². The third-order valence-corrected chi connectivity index (χ3v) is 3.45. The van der Waals surface area contributed by atoms with Crippen LogP contribution in [0.15, 0.2) is 18.2 Å². The van der Waals surface area contributed by atoms with Crippen molar-refractivity contribution in [1.82, 2.24) is 5.32 Å². The highest BCUT2D eigenvalue weighted by Gasteiger charge is 2.19. The number of ether oxygens (including phenoxy) is 1. The predicted molar refractivity (Wildman–Crippen MR) is 79.2 cm³/mol. The van der Waals surface area contributed by atoms with Gasteiger partial charge in [0.15, 0.2) is 0 Å². The Morgan fingerprint density at radius 1 is 1.47 bits per heavy atom. The van der Waals surface area contributed by atoms with E-state index in [0.717, 1.165) is 11.8 Å². The number of amides is 1. The SMILES string of the molecule is COc1ccc(O)c(C(=O)NC(CCBr)C(C)C)c1. The van der Waals surface area contributed by atoms with E-state index >= 15 is 0 Å². The summed E-state index contributed by atoms with van der Waals surface area (Å²) in [5.41, 5.74) is 0.236. The number of carbonyl (C=O) groups excluding carboxylic acids is 1. The maximum absolute atomic E-state index is 12.2. The maximum Gasteiger partial charge on any atom is 0.255 e. The molecule has 1 amide bonds. The maximum atomic E-state index is 12.2. The second-order valence-corrected chi connectivity index (χ2v) is 5.48. The molecule has 19 heavy (non-hydrogen) atoms. The Kier molecular flexibility index (Phi) is 6.15. The number of hydrogen-bond donors (Lipinski definition) is 2. The Morgan fingerprint density at radius 3 is 2.68 bits per heavy atom. The van der Waals surface area contributed by atoms with E-state index in [1.165, 1.54) is 19.2 Å². The monoisotopic (exact) mass is 329 g/mol. The van der Waals surface area contributed by atoms with E-state index in [9.17, 15) is 9.90 Å². The van der Waals surface area contributed by atoms with Crippen molar-refractivity contribution in [3.8, 4) is 11.5 Å². The van der Waals surface area contributed by atoms with Crippen LogP contribution in [0, 0.1) is 5.92 Å². The summed E-state index contributed by atoms with van der Waals surface area (Å²) in [6.07, 6.45) is 0.841. The van der Waals surface area contributed by atoms with Crippen LogP contribution in [-0.2, 0) is 0 Å². The number of phenolic OH excluding ortho intramolecular Hbond substituents is 1. The lowest BCUT2D eigenvalue weighted by Gasteiger charge is -2.21. The van der Waals surface area contributed by atoms with E-state index in [2.05, 4.69) is 35.1 Å². The van der Waals surface area contributed by atoms with Crippen LogP contribution in [-0.4, -0.2) is 29.5 Å². The Bertz CT molecular complexity index is 435. The van der Waals surface area contributed by atoms with Gasteiger partial charge in [0.25, 0.3) is 5.91 Å². The molecule has 0 spiro atoms. The van der Waals surface area contributed by atoms with Crippen LogP contribution >= 0.6 is 15.9 Å². The lowest BCUT2D eigenvalue weighted by atomic mass is 10.0. The first kappa shape index (κ1) is 15.8. The number of rotatable bonds is 6. The van der Waals surface area contributed by atoms with Gasteiger partial charge < -0.3 is 15.2 Å². The molecule has 0 radical (unpaired) electrons. The molecule has 0 aliphatic heterocycles. The second-order valence-electron chi connectivity index (χ2n) is 4.68. The molecule has 1 aromatic carbocycles. The molecule has 1 rings (SSSR count). The van der Waals surface area contributed by atoms with Crippen LogP contribution in [0.1, 0.15) is 30.6 Å². The number of alkyl halides is 1. The fourth-order valence-corrected chi connectivity index (χ4v) is 2.25. The average molecular weight is 330 g/mol. The van der Waals surface area contributed by atoms with Crippen molar-refractivity contribution in [3.05, 3.63) is 23.8 Å². The Morgan fingerprint density at radius 2 is 2.16 bits per heavy atom. The summed E-state index contributed by atoms with van der Waals surface area (Å²) >= 11 is 3.38. The van der Waals surface area contributed by atoms with Crippen LogP contribution in [0.3, 0.4) is 0 Å². The minimum Gasteiger partial charge on any atom is -0.507 e. The third-order valence-electron chi connectivity index (χ3n) is 2.99. The van der Waals surface area contributed by atoms with E-state index in [-0.39, 0.29) is 23.3 Å². The van der Waals surface area contributed by atoms with E-state index in [1.54, 1.807) is 6.07 Å². The summed E-state index contributed by atoms with van der Waals surface area (Å²) in [5, 5.41) is 13.5. The van der Waals surface area contributed by atoms with Gasteiger partial charge >= 0.3 is 0 Å². The minimum absolute atomic E-state index is 0.0420. The quantitative estimate of drug-likeness (QED) is 0.789. The molecule has 0 aliphatic rings. The summed E-state index contributed by atoms with van der Waals surface area (Å²) in [6, 6.07) is 4.68. The van der Waals surface area contributed by atoms with Crippen molar-refractivity contribution >= 4 is 21.8 Å². The van der Waals surface area contributed by atoms with Gasteiger partial charge in [0.05, 0.1) is 12.7 Å². The smallest absolute Gasteiger partial charge is 0.255 e. The van der Waals surface area contributed by atoms with Gasteiger partial charge in [-0.25, -0.2) is 0 Å².